The number of carbonyl (C=O) groups is 1. The third-order valence-electron chi connectivity index (χ3n) is 5.51. The SMILES string of the molecule is CCn1c(CCC(=O)N[C@H](c2ccc(C)cc2)C(F)(F)F)nc2cc(S(=O)(=O)N(C)C)ccc21. The molecule has 1 amide bonds. The normalized spacial score (nSPS) is 13.4. The number of carbonyl (C=O) groups excluding carboxylic acids is 1. The van der Waals surface area contributed by atoms with E-state index in [0.717, 1.165) is 9.87 Å². The van der Waals surface area contributed by atoms with Gasteiger partial charge in [-0.05, 0) is 37.6 Å². The number of halogens is 3. The van der Waals surface area contributed by atoms with Gasteiger partial charge in [-0.15, -0.1) is 0 Å². The van der Waals surface area contributed by atoms with Crippen molar-refractivity contribution in [3.05, 3.63) is 59.4 Å². The molecule has 0 aliphatic rings. The van der Waals surface area contributed by atoms with Gasteiger partial charge in [0.15, 0.2) is 6.04 Å². The molecule has 34 heavy (non-hydrogen) atoms. The average Bonchev–Trinajstić information content (AvgIpc) is 3.12. The molecule has 0 unspecified atom stereocenters. The van der Waals surface area contributed by atoms with E-state index in [1.807, 2.05) is 11.5 Å². The molecular formula is C23H27F3N4O3S. The molecule has 1 atom stereocenters. The Morgan fingerprint density at radius 3 is 2.35 bits per heavy atom. The zero-order valence-corrected chi connectivity index (χ0v) is 20.2. The molecule has 1 N–H and O–H groups in total. The minimum atomic E-state index is -4.64. The van der Waals surface area contributed by atoms with Crippen LogP contribution >= 0.6 is 0 Å². The van der Waals surface area contributed by atoms with Crippen LogP contribution in [0.4, 0.5) is 13.2 Å². The summed E-state index contributed by atoms with van der Waals surface area (Å²) in [6.07, 6.45) is -4.75. The maximum Gasteiger partial charge on any atom is 0.412 e. The van der Waals surface area contributed by atoms with Crippen molar-refractivity contribution in [1.29, 1.82) is 0 Å². The summed E-state index contributed by atoms with van der Waals surface area (Å²) in [6, 6.07) is 8.30. The Morgan fingerprint density at radius 1 is 1.15 bits per heavy atom. The maximum atomic E-state index is 13.6. The van der Waals surface area contributed by atoms with Crippen LogP contribution in [0.1, 0.15) is 36.3 Å². The molecule has 3 aromatic rings. The fraction of sp³-hybridized carbons (Fsp3) is 0.391. The number of rotatable bonds is 8. The summed E-state index contributed by atoms with van der Waals surface area (Å²) < 4.78 is 68.5. The van der Waals surface area contributed by atoms with Crippen LogP contribution < -0.4 is 5.32 Å². The van der Waals surface area contributed by atoms with E-state index in [2.05, 4.69) is 10.3 Å². The van der Waals surface area contributed by atoms with E-state index >= 15 is 0 Å². The van der Waals surface area contributed by atoms with Gasteiger partial charge in [0.25, 0.3) is 0 Å². The van der Waals surface area contributed by atoms with E-state index in [9.17, 15) is 26.4 Å². The average molecular weight is 497 g/mol. The lowest BCUT2D eigenvalue weighted by Crippen LogP contribution is -2.38. The monoisotopic (exact) mass is 496 g/mol. The molecule has 184 valence electrons. The highest BCUT2D eigenvalue weighted by Crippen LogP contribution is 2.33. The van der Waals surface area contributed by atoms with Crippen molar-refractivity contribution >= 4 is 27.0 Å². The third kappa shape index (κ3) is 5.41. The summed E-state index contributed by atoms with van der Waals surface area (Å²) >= 11 is 0. The van der Waals surface area contributed by atoms with E-state index in [1.165, 1.54) is 38.4 Å². The van der Waals surface area contributed by atoms with Gasteiger partial charge in [0.2, 0.25) is 15.9 Å². The van der Waals surface area contributed by atoms with Crippen molar-refractivity contribution < 1.29 is 26.4 Å². The zero-order valence-electron chi connectivity index (χ0n) is 19.3. The summed E-state index contributed by atoms with van der Waals surface area (Å²) in [6.45, 7) is 4.14. The summed E-state index contributed by atoms with van der Waals surface area (Å²) in [5.74, 6) is -0.264. The van der Waals surface area contributed by atoms with Crippen molar-refractivity contribution in [2.45, 2.75) is 50.3 Å². The number of imidazole rings is 1. The highest BCUT2D eigenvalue weighted by Gasteiger charge is 2.41. The Bertz CT molecular complexity index is 1280. The van der Waals surface area contributed by atoms with Crippen LogP contribution in [0.3, 0.4) is 0 Å². The fourth-order valence-corrected chi connectivity index (χ4v) is 4.57. The van der Waals surface area contributed by atoms with Crippen LogP contribution in [0.25, 0.3) is 11.0 Å². The number of amides is 1. The number of sulfonamides is 1. The van der Waals surface area contributed by atoms with Gasteiger partial charge in [-0.1, -0.05) is 29.8 Å². The van der Waals surface area contributed by atoms with Gasteiger partial charge in [-0.2, -0.15) is 13.2 Å². The van der Waals surface area contributed by atoms with E-state index in [0.29, 0.717) is 23.4 Å². The molecule has 3 rings (SSSR count). The van der Waals surface area contributed by atoms with Crippen LogP contribution in [0, 0.1) is 6.92 Å². The quantitative estimate of drug-likeness (QED) is 0.512. The van der Waals surface area contributed by atoms with E-state index in [1.54, 1.807) is 25.1 Å². The van der Waals surface area contributed by atoms with Crippen molar-refractivity contribution in [1.82, 2.24) is 19.2 Å². The van der Waals surface area contributed by atoms with Gasteiger partial charge in [-0.25, -0.2) is 17.7 Å². The van der Waals surface area contributed by atoms with Gasteiger partial charge in [0.1, 0.15) is 5.82 Å². The van der Waals surface area contributed by atoms with Gasteiger partial charge in [0.05, 0.1) is 15.9 Å². The molecule has 7 nitrogen and oxygen atoms in total. The molecule has 0 aliphatic carbocycles. The van der Waals surface area contributed by atoms with Gasteiger partial charge in [-0.3, -0.25) is 4.79 Å². The van der Waals surface area contributed by atoms with Crippen LogP contribution in [0.5, 0.6) is 0 Å². The second-order valence-corrected chi connectivity index (χ2v) is 10.3. The first-order chi connectivity index (χ1) is 15.8. The van der Waals surface area contributed by atoms with Crippen molar-refractivity contribution in [2.24, 2.45) is 0 Å². The molecule has 0 aliphatic heterocycles. The first kappa shape index (κ1) is 25.7. The van der Waals surface area contributed by atoms with Crippen LogP contribution in [0.2, 0.25) is 0 Å². The summed E-state index contributed by atoms with van der Waals surface area (Å²) in [4.78, 5) is 17.0. The van der Waals surface area contributed by atoms with Crippen LogP contribution in [-0.4, -0.2) is 48.5 Å². The molecule has 11 heteroatoms. The molecule has 1 aromatic heterocycles. The predicted octanol–water partition coefficient (Wildman–Crippen LogP) is 3.97. The lowest BCUT2D eigenvalue weighted by molar-refractivity contribution is -0.163. The first-order valence-corrected chi connectivity index (χ1v) is 12.1. The number of aryl methyl sites for hydroxylation is 3. The maximum absolute atomic E-state index is 13.6. The fourth-order valence-electron chi connectivity index (χ4n) is 3.65. The predicted molar refractivity (Wildman–Crippen MR) is 123 cm³/mol. The van der Waals surface area contributed by atoms with E-state index in [-0.39, 0.29) is 23.3 Å². The number of nitrogens with one attached hydrogen (secondary N) is 1. The Labute approximate surface area is 196 Å². The second kappa shape index (κ2) is 9.75. The highest BCUT2D eigenvalue weighted by molar-refractivity contribution is 7.89. The number of aromatic nitrogens is 2. The van der Waals surface area contributed by atoms with E-state index in [4.69, 9.17) is 0 Å². The number of hydrogen-bond acceptors (Lipinski definition) is 4. The summed E-state index contributed by atoms with van der Waals surface area (Å²) in [5.41, 5.74) is 1.90. The number of fused-ring (bicyclic) bond motifs is 1. The second-order valence-electron chi connectivity index (χ2n) is 8.16. The minimum Gasteiger partial charge on any atom is -0.341 e. The summed E-state index contributed by atoms with van der Waals surface area (Å²) in [5, 5.41) is 2.09. The number of alkyl halides is 3. The largest absolute Gasteiger partial charge is 0.412 e. The van der Waals surface area contributed by atoms with Crippen molar-refractivity contribution in [3.8, 4) is 0 Å². The lowest BCUT2D eigenvalue weighted by Gasteiger charge is -2.22. The molecule has 0 saturated carbocycles. The topological polar surface area (TPSA) is 84.3 Å². The lowest BCUT2D eigenvalue weighted by atomic mass is 10.0. The standard InChI is InChI=1S/C23H27F3N4O3S/c1-5-30-19-11-10-17(34(32,33)29(3)4)14-18(19)27-20(30)12-13-21(31)28-22(23(24,25)26)16-8-6-15(2)7-9-16/h6-11,14,22H,5,12-13H2,1-4H3,(H,28,31)/t22-/m1/s1. The van der Waals surface area contributed by atoms with Gasteiger partial charge >= 0.3 is 6.18 Å². The minimum absolute atomic E-state index is 0.0399. The molecule has 0 saturated heterocycles. The number of hydrogen-bond donors (Lipinski definition) is 1. The van der Waals surface area contributed by atoms with Crippen molar-refractivity contribution in [3.63, 3.8) is 0 Å². The molecule has 1 heterocycles. The van der Waals surface area contributed by atoms with Crippen LogP contribution in [-0.2, 0) is 27.8 Å². The third-order valence-corrected chi connectivity index (χ3v) is 7.32. The zero-order chi connectivity index (χ0) is 25.3. The Morgan fingerprint density at radius 2 is 1.79 bits per heavy atom. The number of benzene rings is 2. The van der Waals surface area contributed by atoms with Crippen molar-refractivity contribution in [2.75, 3.05) is 14.1 Å². The Balaban J connectivity index is 1.80. The highest BCUT2D eigenvalue weighted by atomic mass is 32.2. The molecular weight excluding hydrogens is 469 g/mol. The molecule has 0 fully saturated rings. The smallest absolute Gasteiger partial charge is 0.341 e. The number of nitrogens with zero attached hydrogens (tertiary/aromatic N) is 3. The van der Waals surface area contributed by atoms with Gasteiger partial charge < -0.3 is 9.88 Å². The first-order valence-electron chi connectivity index (χ1n) is 10.7. The summed E-state index contributed by atoms with van der Waals surface area (Å²) in [7, 11) is -0.788. The molecule has 0 spiro atoms. The molecule has 0 bridgehead atoms. The molecule has 2 aromatic carbocycles. The molecule has 0 radical (unpaired) electrons. The van der Waals surface area contributed by atoms with Gasteiger partial charge in [0, 0.05) is 33.5 Å². The van der Waals surface area contributed by atoms with E-state index < -0.39 is 28.1 Å². The Kier molecular flexibility index (Phi) is 7.37. The van der Waals surface area contributed by atoms with Crippen LogP contribution in [0.15, 0.2) is 47.4 Å². The Hall–Kier alpha value is -2.92.